The van der Waals surface area contributed by atoms with Crippen molar-refractivity contribution in [3.63, 3.8) is 0 Å². The number of para-hydroxylation sites is 1. The quantitative estimate of drug-likeness (QED) is 0.713. The number of ether oxygens (including phenoxy) is 1. The number of aryl methyl sites for hydroxylation is 3. The number of halogens is 1. The largest absolute Gasteiger partial charge is 0.495 e. The van der Waals surface area contributed by atoms with Crippen LogP contribution in [0, 0.1) is 13.8 Å². The van der Waals surface area contributed by atoms with Crippen LogP contribution >= 0.6 is 11.6 Å². The molecule has 1 aromatic heterocycles. The molecule has 3 aromatic rings. The molecule has 0 aliphatic rings. The van der Waals surface area contributed by atoms with E-state index in [4.69, 9.17) is 16.3 Å². The van der Waals surface area contributed by atoms with Crippen LogP contribution in [0.1, 0.15) is 17.5 Å². The van der Waals surface area contributed by atoms with Crippen molar-refractivity contribution in [2.75, 3.05) is 12.4 Å². The zero-order valence-electron chi connectivity index (χ0n) is 15.5. The van der Waals surface area contributed by atoms with E-state index in [1.807, 2.05) is 32.0 Å². The Bertz CT molecular complexity index is 1070. The normalized spacial score (nSPS) is 10.8. The molecule has 1 N–H and O–H groups in total. The van der Waals surface area contributed by atoms with Gasteiger partial charge in [0.05, 0.1) is 17.6 Å². The van der Waals surface area contributed by atoms with E-state index in [0.717, 1.165) is 22.0 Å². The maximum Gasteiger partial charge on any atom is 0.251 e. The number of methoxy groups -OCH3 is 1. The van der Waals surface area contributed by atoms with Crippen molar-refractivity contribution < 1.29 is 9.53 Å². The lowest BCUT2D eigenvalue weighted by molar-refractivity contribution is -0.116. The summed E-state index contributed by atoms with van der Waals surface area (Å²) in [4.78, 5) is 24.8. The average Bonchev–Trinajstić information content (AvgIpc) is 2.62. The second-order valence-corrected chi connectivity index (χ2v) is 6.84. The first-order valence-corrected chi connectivity index (χ1v) is 9.01. The van der Waals surface area contributed by atoms with Crippen LogP contribution in [0.5, 0.6) is 5.75 Å². The van der Waals surface area contributed by atoms with Crippen molar-refractivity contribution in [3.8, 4) is 5.75 Å². The molecule has 0 aliphatic carbocycles. The fraction of sp³-hybridized carbons (Fsp3) is 0.238. The number of carbonyl (C=O) groups is 1. The number of carbonyl (C=O) groups excluding carboxylic acids is 1. The molecule has 27 heavy (non-hydrogen) atoms. The van der Waals surface area contributed by atoms with Crippen molar-refractivity contribution in [2.45, 2.75) is 26.8 Å². The molecule has 6 heteroatoms. The minimum absolute atomic E-state index is 0.102. The molecular formula is C21H21ClN2O3. The van der Waals surface area contributed by atoms with Crippen LogP contribution in [0.3, 0.4) is 0 Å². The minimum Gasteiger partial charge on any atom is -0.495 e. The van der Waals surface area contributed by atoms with Gasteiger partial charge in [0.15, 0.2) is 0 Å². The molecule has 0 bridgehead atoms. The molecule has 0 spiro atoms. The average molecular weight is 385 g/mol. The lowest BCUT2D eigenvalue weighted by Gasteiger charge is -2.14. The van der Waals surface area contributed by atoms with Gasteiger partial charge in [-0.25, -0.2) is 0 Å². The lowest BCUT2D eigenvalue weighted by atomic mass is 10.1. The van der Waals surface area contributed by atoms with Crippen molar-refractivity contribution in [1.29, 1.82) is 0 Å². The summed E-state index contributed by atoms with van der Waals surface area (Å²) in [5.74, 6) is 0.355. The Balaban J connectivity index is 1.80. The fourth-order valence-electron chi connectivity index (χ4n) is 3.19. The SMILES string of the molecule is COc1ccc(NC(=O)CCn2c(=O)cc(C)c3cccc(C)c32)cc1Cl. The van der Waals surface area contributed by atoms with E-state index in [-0.39, 0.29) is 17.9 Å². The van der Waals surface area contributed by atoms with E-state index in [0.29, 0.717) is 23.0 Å². The van der Waals surface area contributed by atoms with Crippen LogP contribution in [-0.4, -0.2) is 17.6 Å². The number of rotatable bonds is 5. The van der Waals surface area contributed by atoms with Gasteiger partial charge < -0.3 is 14.6 Å². The first-order valence-electron chi connectivity index (χ1n) is 8.64. The summed E-state index contributed by atoms with van der Waals surface area (Å²) in [5, 5.41) is 4.25. The Morgan fingerprint density at radius 2 is 1.93 bits per heavy atom. The number of hydrogen-bond donors (Lipinski definition) is 1. The van der Waals surface area contributed by atoms with E-state index in [1.54, 1.807) is 28.8 Å². The van der Waals surface area contributed by atoms with Gasteiger partial charge in [0.25, 0.3) is 5.56 Å². The zero-order chi connectivity index (χ0) is 19.6. The summed E-state index contributed by atoms with van der Waals surface area (Å²) in [6.07, 6.45) is 0.177. The Labute approximate surface area is 162 Å². The lowest BCUT2D eigenvalue weighted by Crippen LogP contribution is -2.24. The first-order chi connectivity index (χ1) is 12.9. The van der Waals surface area contributed by atoms with Crippen molar-refractivity contribution in [2.24, 2.45) is 0 Å². The number of amides is 1. The number of benzene rings is 2. The van der Waals surface area contributed by atoms with Crippen LogP contribution in [0.2, 0.25) is 5.02 Å². The van der Waals surface area contributed by atoms with Crippen LogP contribution in [0.4, 0.5) is 5.69 Å². The monoisotopic (exact) mass is 384 g/mol. The Morgan fingerprint density at radius 3 is 2.63 bits per heavy atom. The van der Waals surface area contributed by atoms with Gasteiger partial charge in [-0.15, -0.1) is 0 Å². The third-order valence-electron chi connectivity index (χ3n) is 4.54. The van der Waals surface area contributed by atoms with Gasteiger partial charge >= 0.3 is 0 Å². The molecular weight excluding hydrogens is 364 g/mol. The molecule has 0 saturated carbocycles. The third-order valence-corrected chi connectivity index (χ3v) is 4.83. The molecule has 1 amide bonds. The van der Waals surface area contributed by atoms with E-state index in [2.05, 4.69) is 5.32 Å². The standard InChI is InChI=1S/C21H21ClN2O3/c1-13-5-4-6-16-14(2)11-20(26)24(21(13)16)10-9-19(25)23-15-7-8-18(27-3)17(22)12-15/h4-8,11-12H,9-10H2,1-3H3,(H,23,25). The predicted molar refractivity (Wildman–Crippen MR) is 109 cm³/mol. The molecule has 0 unspecified atom stereocenters. The summed E-state index contributed by atoms with van der Waals surface area (Å²) >= 11 is 6.08. The summed E-state index contributed by atoms with van der Waals surface area (Å²) in [7, 11) is 1.53. The Hall–Kier alpha value is -2.79. The van der Waals surface area contributed by atoms with Gasteiger partial charge in [-0.2, -0.15) is 0 Å². The summed E-state index contributed by atoms with van der Waals surface area (Å²) < 4.78 is 6.77. The van der Waals surface area contributed by atoms with Gasteiger partial charge in [-0.05, 0) is 43.2 Å². The molecule has 1 heterocycles. The smallest absolute Gasteiger partial charge is 0.251 e. The molecule has 0 radical (unpaired) electrons. The minimum atomic E-state index is -0.189. The van der Waals surface area contributed by atoms with E-state index >= 15 is 0 Å². The highest BCUT2D eigenvalue weighted by atomic mass is 35.5. The molecule has 3 rings (SSSR count). The molecule has 5 nitrogen and oxygen atoms in total. The second kappa shape index (κ2) is 7.84. The van der Waals surface area contributed by atoms with Crippen LogP contribution in [0.25, 0.3) is 10.9 Å². The van der Waals surface area contributed by atoms with E-state index < -0.39 is 0 Å². The van der Waals surface area contributed by atoms with Gasteiger partial charge in [0.1, 0.15) is 5.75 Å². The highest BCUT2D eigenvalue weighted by Crippen LogP contribution is 2.27. The molecule has 0 aliphatic heterocycles. The number of fused-ring (bicyclic) bond motifs is 1. The zero-order valence-corrected chi connectivity index (χ0v) is 16.3. The number of nitrogens with zero attached hydrogens (tertiary/aromatic N) is 1. The summed E-state index contributed by atoms with van der Waals surface area (Å²) in [6, 6.07) is 12.6. The summed E-state index contributed by atoms with van der Waals surface area (Å²) in [6.45, 7) is 4.20. The first kappa shape index (κ1) is 19.0. The number of anilines is 1. The van der Waals surface area contributed by atoms with E-state index in [9.17, 15) is 9.59 Å². The molecule has 140 valence electrons. The maximum atomic E-state index is 12.5. The van der Waals surface area contributed by atoms with Gasteiger partial charge in [0, 0.05) is 30.1 Å². The highest BCUT2D eigenvalue weighted by Gasteiger charge is 2.11. The second-order valence-electron chi connectivity index (χ2n) is 6.44. The molecule has 2 aromatic carbocycles. The molecule has 0 saturated heterocycles. The fourth-order valence-corrected chi connectivity index (χ4v) is 3.45. The van der Waals surface area contributed by atoms with Gasteiger partial charge in [-0.3, -0.25) is 9.59 Å². The third kappa shape index (κ3) is 3.98. The van der Waals surface area contributed by atoms with Crippen LogP contribution < -0.4 is 15.6 Å². The number of aromatic nitrogens is 1. The Morgan fingerprint density at radius 1 is 1.15 bits per heavy atom. The number of hydrogen-bond acceptors (Lipinski definition) is 3. The van der Waals surface area contributed by atoms with Crippen molar-refractivity contribution in [1.82, 2.24) is 4.57 Å². The van der Waals surface area contributed by atoms with Gasteiger partial charge in [0.2, 0.25) is 5.91 Å². The highest BCUT2D eigenvalue weighted by molar-refractivity contribution is 6.32. The molecule has 0 atom stereocenters. The van der Waals surface area contributed by atoms with Crippen LogP contribution in [0.15, 0.2) is 47.3 Å². The Kier molecular flexibility index (Phi) is 5.51. The van der Waals surface area contributed by atoms with Crippen molar-refractivity contribution >= 4 is 34.1 Å². The van der Waals surface area contributed by atoms with Gasteiger partial charge in [-0.1, -0.05) is 29.8 Å². The number of nitrogens with one attached hydrogen (secondary N) is 1. The maximum absolute atomic E-state index is 12.5. The van der Waals surface area contributed by atoms with Crippen molar-refractivity contribution in [3.05, 3.63) is 69.0 Å². The van der Waals surface area contributed by atoms with Crippen LogP contribution in [-0.2, 0) is 11.3 Å². The topological polar surface area (TPSA) is 60.3 Å². The van der Waals surface area contributed by atoms with E-state index in [1.165, 1.54) is 7.11 Å². The predicted octanol–water partition coefficient (Wildman–Crippen LogP) is 4.31. The summed E-state index contributed by atoms with van der Waals surface area (Å²) in [5.41, 5.74) is 3.31. The number of pyridine rings is 1. The molecule has 0 fully saturated rings.